The molecule has 1 aliphatic rings. The molecule has 0 amide bonds. The number of benzene rings is 2. The number of nitrogens with zero attached hydrogens (tertiary/aromatic N) is 2. The van der Waals surface area contributed by atoms with Crippen molar-refractivity contribution < 1.29 is 9.84 Å². The molecule has 1 heterocycles. The van der Waals surface area contributed by atoms with E-state index in [1.54, 1.807) is 0 Å². The molecule has 29 heavy (non-hydrogen) atoms. The van der Waals surface area contributed by atoms with E-state index in [1.165, 1.54) is 0 Å². The molecule has 6 nitrogen and oxygen atoms in total. The SMILES string of the molecule is NCCCN=C(Nc1cccc(OCc2ccccc2)c1)N1CCCC(CO)C1. The molecular weight excluding hydrogens is 364 g/mol. The maximum atomic E-state index is 9.56. The van der Waals surface area contributed by atoms with Gasteiger partial charge in [0.1, 0.15) is 12.4 Å². The van der Waals surface area contributed by atoms with Crippen LogP contribution in [0.25, 0.3) is 0 Å². The highest BCUT2D eigenvalue weighted by Crippen LogP contribution is 2.21. The number of aliphatic hydroxyl groups is 1. The zero-order valence-electron chi connectivity index (χ0n) is 17.0. The summed E-state index contributed by atoms with van der Waals surface area (Å²) in [5.41, 5.74) is 7.71. The lowest BCUT2D eigenvalue weighted by Gasteiger charge is -2.34. The summed E-state index contributed by atoms with van der Waals surface area (Å²) < 4.78 is 5.95. The molecule has 0 bridgehead atoms. The molecule has 0 spiro atoms. The van der Waals surface area contributed by atoms with E-state index in [0.29, 0.717) is 25.6 Å². The Labute approximate surface area is 173 Å². The summed E-state index contributed by atoms with van der Waals surface area (Å²) in [7, 11) is 0. The highest BCUT2D eigenvalue weighted by atomic mass is 16.5. The lowest BCUT2D eigenvalue weighted by atomic mass is 9.99. The molecule has 0 radical (unpaired) electrons. The summed E-state index contributed by atoms with van der Waals surface area (Å²) in [6, 6.07) is 18.1. The van der Waals surface area contributed by atoms with Crippen LogP contribution in [0.5, 0.6) is 5.75 Å². The zero-order valence-corrected chi connectivity index (χ0v) is 17.0. The minimum Gasteiger partial charge on any atom is -0.489 e. The van der Waals surface area contributed by atoms with Crippen LogP contribution in [0.3, 0.4) is 0 Å². The van der Waals surface area contributed by atoms with Gasteiger partial charge in [-0.3, -0.25) is 4.99 Å². The van der Waals surface area contributed by atoms with Crippen molar-refractivity contribution in [3.63, 3.8) is 0 Å². The molecule has 1 fully saturated rings. The minimum absolute atomic E-state index is 0.218. The van der Waals surface area contributed by atoms with Crippen molar-refractivity contribution in [3.05, 3.63) is 60.2 Å². The first-order chi connectivity index (χ1) is 14.3. The molecule has 2 aromatic rings. The molecule has 0 aromatic heterocycles. The van der Waals surface area contributed by atoms with Gasteiger partial charge in [0.05, 0.1) is 0 Å². The van der Waals surface area contributed by atoms with Crippen LogP contribution in [0.1, 0.15) is 24.8 Å². The van der Waals surface area contributed by atoms with E-state index in [4.69, 9.17) is 15.5 Å². The first-order valence-electron chi connectivity index (χ1n) is 10.4. The molecule has 1 aliphatic heterocycles. The second-order valence-electron chi connectivity index (χ2n) is 7.41. The Morgan fingerprint density at radius 2 is 2.07 bits per heavy atom. The standard InChI is InChI=1S/C23H32N4O2/c24-12-6-13-25-23(27-14-5-9-20(16-27)17-28)26-21-10-4-11-22(15-21)29-18-19-7-2-1-3-8-19/h1-4,7-8,10-11,15,20,28H,5-6,9,12-14,16-18,24H2,(H,25,26). The predicted octanol–water partition coefficient (Wildman–Crippen LogP) is 3.09. The van der Waals surface area contributed by atoms with Crippen LogP contribution in [0.4, 0.5) is 5.69 Å². The fourth-order valence-corrected chi connectivity index (χ4v) is 3.43. The maximum absolute atomic E-state index is 9.56. The van der Waals surface area contributed by atoms with Crippen molar-refractivity contribution in [2.24, 2.45) is 16.6 Å². The lowest BCUT2D eigenvalue weighted by Crippen LogP contribution is -2.44. The molecule has 156 valence electrons. The van der Waals surface area contributed by atoms with Crippen LogP contribution < -0.4 is 15.8 Å². The average Bonchev–Trinajstić information content (AvgIpc) is 2.78. The first-order valence-corrected chi connectivity index (χ1v) is 10.4. The number of hydrogen-bond acceptors (Lipinski definition) is 4. The van der Waals surface area contributed by atoms with Gasteiger partial charge in [0.2, 0.25) is 0 Å². The third kappa shape index (κ3) is 6.76. The molecule has 1 saturated heterocycles. The molecule has 0 aliphatic carbocycles. The Morgan fingerprint density at radius 1 is 1.21 bits per heavy atom. The van der Waals surface area contributed by atoms with E-state index in [9.17, 15) is 5.11 Å². The second-order valence-corrected chi connectivity index (χ2v) is 7.41. The van der Waals surface area contributed by atoms with Crippen LogP contribution in [-0.2, 0) is 6.61 Å². The Bertz CT molecular complexity index is 766. The van der Waals surface area contributed by atoms with Crippen LogP contribution in [-0.4, -0.2) is 48.8 Å². The number of aliphatic imine (C=N–C) groups is 1. The van der Waals surface area contributed by atoms with E-state index in [2.05, 4.69) is 22.3 Å². The number of ether oxygens (including phenoxy) is 1. The molecule has 6 heteroatoms. The van der Waals surface area contributed by atoms with Crippen molar-refractivity contribution >= 4 is 11.6 Å². The minimum atomic E-state index is 0.218. The number of anilines is 1. The monoisotopic (exact) mass is 396 g/mol. The van der Waals surface area contributed by atoms with Crippen molar-refractivity contribution in [3.8, 4) is 5.75 Å². The highest BCUT2D eigenvalue weighted by Gasteiger charge is 2.22. The fourth-order valence-electron chi connectivity index (χ4n) is 3.43. The normalized spacial score (nSPS) is 17.2. The van der Waals surface area contributed by atoms with Gasteiger partial charge in [0, 0.05) is 38.0 Å². The van der Waals surface area contributed by atoms with Gasteiger partial charge in [0.25, 0.3) is 0 Å². The number of likely N-dealkylation sites (tertiary alicyclic amines) is 1. The number of aliphatic hydroxyl groups excluding tert-OH is 1. The van der Waals surface area contributed by atoms with E-state index < -0.39 is 0 Å². The summed E-state index contributed by atoms with van der Waals surface area (Å²) in [5, 5.41) is 13.0. The van der Waals surface area contributed by atoms with Crippen LogP contribution in [0, 0.1) is 5.92 Å². The number of nitrogens with one attached hydrogen (secondary N) is 1. The van der Waals surface area contributed by atoms with Gasteiger partial charge >= 0.3 is 0 Å². The summed E-state index contributed by atoms with van der Waals surface area (Å²) >= 11 is 0. The van der Waals surface area contributed by atoms with Gasteiger partial charge in [-0.1, -0.05) is 36.4 Å². The van der Waals surface area contributed by atoms with Crippen molar-refractivity contribution in [1.82, 2.24) is 4.90 Å². The van der Waals surface area contributed by atoms with E-state index in [1.807, 2.05) is 42.5 Å². The summed E-state index contributed by atoms with van der Waals surface area (Å²) in [5.74, 6) is 1.95. The van der Waals surface area contributed by atoms with Gasteiger partial charge in [-0.05, 0) is 49.4 Å². The molecule has 3 rings (SSSR count). The lowest BCUT2D eigenvalue weighted by molar-refractivity contribution is 0.160. The maximum Gasteiger partial charge on any atom is 0.198 e. The number of hydrogen-bond donors (Lipinski definition) is 3. The highest BCUT2D eigenvalue weighted by molar-refractivity contribution is 5.94. The van der Waals surface area contributed by atoms with Gasteiger partial charge in [-0.25, -0.2) is 0 Å². The predicted molar refractivity (Wildman–Crippen MR) is 118 cm³/mol. The van der Waals surface area contributed by atoms with Crippen molar-refractivity contribution in [1.29, 1.82) is 0 Å². The van der Waals surface area contributed by atoms with Gasteiger partial charge in [-0.15, -0.1) is 0 Å². The molecular formula is C23H32N4O2. The smallest absolute Gasteiger partial charge is 0.198 e. The molecule has 1 unspecified atom stereocenters. The van der Waals surface area contributed by atoms with E-state index in [0.717, 1.165) is 55.3 Å². The largest absolute Gasteiger partial charge is 0.489 e. The molecule has 1 atom stereocenters. The van der Waals surface area contributed by atoms with Crippen molar-refractivity contribution in [2.45, 2.75) is 25.9 Å². The third-order valence-electron chi connectivity index (χ3n) is 5.04. The Balaban J connectivity index is 1.67. The summed E-state index contributed by atoms with van der Waals surface area (Å²) in [6.07, 6.45) is 2.97. The van der Waals surface area contributed by atoms with E-state index in [-0.39, 0.29) is 6.61 Å². The van der Waals surface area contributed by atoms with Crippen LogP contribution in [0.2, 0.25) is 0 Å². The zero-order chi connectivity index (χ0) is 20.3. The quantitative estimate of drug-likeness (QED) is 0.363. The Morgan fingerprint density at radius 3 is 2.86 bits per heavy atom. The summed E-state index contributed by atoms with van der Waals surface area (Å²) in [4.78, 5) is 6.99. The summed E-state index contributed by atoms with van der Waals surface area (Å²) in [6.45, 7) is 3.81. The number of piperidine rings is 1. The third-order valence-corrected chi connectivity index (χ3v) is 5.04. The molecule has 2 aromatic carbocycles. The number of nitrogens with two attached hydrogens (primary N) is 1. The Hall–Kier alpha value is -2.57. The first kappa shape index (κ1) is 21.1. The number of guanidine groups is 1. The van der Waals surface area contributed by atoms with Gasteiger partial charge in [-0.2, -0.15) is 0 Å². The van der Waals surface area contributed by atoms with Crippen LogP contribution in [0.15, 0.2) is 59.6 Å². The average molecular weight is 397 g/mol. The Kier molecular flexibility index (Phi) is 8.34. The fraction of sp³-hybridized carbons (Fsp3) is 0.435. The van der Waals surface area contributed by atoms with Gasteiger partial charge < -0.3 is 25.8 Å². The molecule has 0 saturated carbocycles. The van der Waals surface area contributed by atoms with Crippen molar-refractivity contribution in [2.75, 3.05) is 38.1 Å². The second kappa shape index (κ2) is 11.4. The van der Waals surface area contributed by atoms with E-state index >= 15 is 0 Å². The van der Waals surface area contributed by atoms with Crippen LogP contribution >= 0.6 is 0 Å². The topological polar surface area (TPSA) is 83.1 Å². The molecule has 4 N–H and O–H groups in total. The number of rotatable bonds is 8. The van der Waals surface area contributed by atoms with Gasteiger partial charge in [0.15, 0.2) is 5.96 Å².